The molecule has 0 spiro atoms. The maximum Gasteiger partial charge on any atom is 0.261 e. The number of aryl methyl sites for hydroxylation is 1. The molecule has 0 amide bonds. The van der Waals surface area contributed by atoms with Crippen LogP contribution in [0.2, 0.25) is 0 Å². The summed E-state index contributed by atoms with van der Waals surface area (Å²) in [7, 11) is -3.67. The Kier molecular flexibility index (Phi) is 3.82. The van der Waals surface area contributed by atoms with E-state index < -0.39 is 10.0 Å². The van der Waals surface area contributed by atoms with Gasteiger partial charge in [-0.05, 0) is 36.8 Å². The van der Waals surface area contributed by atoms with Crippen molar-refractivity contribution >= 4 is 15.7 Å². The van der Waals surface area contributed by atoms with Crippen LogP contribution in [0.4, 0.5) is 5.69 Å². The van der Waals surface area contributed by atoms with E-state index in [1.807, 2.05) is 0 Å². The Balaban J connectivity index is 2.35. The number of pyridine rings is 1. The van der Waals surface area contributed by atoms with Gasteiger partial charge in [-0.15, -0.1) is 0 Å². The molecule has 0 saturated carbocycles. The zero-order chi connectivity index (χ0) is 13.9. The fraction of sp³-hybridized carbons (Fsp3) is 0.154. The lowest BCUT2D eigenvalue weighted by Gasteiger charge is -2.10. The van der Waals surface area contributed by atoms with Crippen LogP contribution in [-0.4, -0.2) is 18.5 Å². The molecule has 6 heteroatoms. The van der Waals surface area contributed by atoms with Gasteiger partial charge in [0.2, 0.25) is 0 Å². The largest absolute Gasteiger partial charge is 0.392 e. The van der Waals surface area contributed by atoms with Crippen molar-refractivity contribution in [3.05, 3.63) is 53.9 Å². The average molecular weight is 278 g/mol. The van der Waals surface area contributed by atoms with Crippen LogP contribution in [0.25, 0.3) is 0 Å². The molecule has 2 rings (SSSR count). The minimum absolute atomic E-state index is 0.113. The summed E-state index contributed by atoms with van der Waals surface area (Å²) in [6, 6.07) is 9.48. The van der Waals surface area contributed by atoms with Crippen LogP contribution < -0.4 is 4.72 Å². The first-order chi connectivity index (χ1) is 9.03. The van der Waals surface area contributed by atoms with Crippen LogP contribution in [0.1, 0.15) is 11.3 Å². The Morgan fingerprint density at radius 3 is 2.74 bits per heavy atom. The highest BCUT2D eigenvalue weighted by Crippen LogP contribution is 2.18. The number of anilines is 1. The highest BCUT2D eigenvalue weighted by molar-refractivity contribution is 7.92. The summed E-state index contributed by atoms with van der Waals surface area (Å²) >= 11 is 0. The molecule has 1 aromatic heterocycles. The molecular formula is C13H14N2O3S. The van der Waals surface area contributed by atoms with Crippen molar-refractivity contribution in [2.75, 3.05) is 4.72 Å². The first kappa shape index (κ1) is 13.5. The Labute approximate surface area is 112 Å². The van der Waals surface area contributed by atoms with Crippen LogP contribution in [0.15, 0.2) is 47.5 Å². The lowest BCUT2D eigenvalue weighted by Crippen LogP contribution is -2.14. The maximum atomic E-state index is 12.2. The number of hydrogen-bond donors (Lipinski definition) is 2. The molecule has 19 heavy (non-hydrogen) atoms. The monoisotopic (exact) mass is 278 g/mol. The summed E-state index contributed by atoms with van der Waals surface area (Å²) < 4.78 is 26.9. The van der Waals surface area contributed by atoms with Crippen LogP contribution in [0.5, 0.6) is 0 Å². The van der Waals surface area contributed by atoms with Crippen molar-refractivity contribution in [3.63, 3.8) is 0 Å². The molecule has 0 aliphatic rings. The lowest BCUT2D eigenvalue weighted by atomic mass is 10.2. The van der Waals surface area contributed by atoms with Gasteiger partial charge >= 0.3 is 0 Å². The average Bonchev–Trinajstić information content (AvgIpc) is 2.41. The van der Waals surface area contributed by atoms with Gasteiger partial charge in [0.1, 0.15) is 0 Å². The van der Waals surface area contributed by atoms with Crippen LogP contribution in [0, 0.1) is 6.92 Å². The fourth-order valence-electron chi connectivity index (χ4n) is 1.61. The summed E-state index contributed by atoms with van der Waals surface area (Å²) in [5.41, 5.74) is 1.59. The minimum atomic E-state index is -3.67. The van der Waals surface area contributed by atoms with E-state index in [9.17, 15) is 8.42 Å². The van der Waals surface area contributed by atoms with Gasteiger partial charge in [0.15, 0.2) is 0 Å². The summed E-state index contributed by atoms with van der Waals surface area (Å²) in [5, 5.41) is 9.04. The number of aliphatic hydroxyl groups is 1. The van der Waals surface area contributed by atoms with Crippen molar-refractivity contribution in [1.82, 2.24) is 4.98 Å². The molecule has 0 fully saturated rings. The lowest BCUT2D eigenvalue weighted by molar-refractivity contribution is 0.281. The molecule has 0 unspecified atom stereocenters. The Bertz CT molecular complexity index is 684. The molecule has 2 aromatic rings. The predicted molar refractivity (Wildman–Crippen MR) is 72.1 cm³/mol. The van der Waals surface area contributed by atoms with Gasteiger partial charge in [0.05, 0.1) is 22.9 Å². The number of nitrogens with zero attached hydrogens (tertiary/aromatic N) is 1. The molecule has 0 atom stereocenters. The second-order valence-electron chi connectivity index (χ2n) is 4.05. The highest BCUT2D eigenvalue weighted by atomic mass is 32.2. The van der Waals surface area contributed by atoms with Gasteiger partial charge in [-0.3, -0.25) is 9.71 Å². The Morgan fingerprint density at radius 2 is 2.05 bits per heavy atom. The van der Waals surface area contributed by atoms with Crippen LogP contribution in [-0.2, 0) is 16.6 Å². The third-order valence-corrected chi connectivity index (χ3v) is 4.01. The third-order valence-electron chi connectivity index (χ3n) is 2.64. The van der Waals surface area contributed by atoms with Crippen molar-refractivity contribution < 1.29 is 13.5 Å². The van der Waals surface area contributed by atoms with E-state index in [0.717, 1.165) is 0 Å². The number of benzene rings is 1. The van der Waals surface area contributed by atoms with E-state index in [1.54, 1.807) is 37.4 Å². The molecule has 0 aliphatic heterocycles. The van der Waals surface area contributed by atoms with Crippen molar-refractivity contribution in [3.8, 4) is 0 Å². The first-order valence-corrected chi connectivity index (χ1v) is 7.15. The summed E-state index contributed by atoms with van der Waals surface area (Å²) in [5.74, 6) is 0. The van der Waals surface area contributed by atoms with Crippen LogP contribution in [0.3, 0.4) is 0 Å². The van der Waals surface area contributed by atoms with Gasteiger partial charge in [-0.2, -0.15) is 0 Å². The maximum absolute atomic E-state index is 12.2. The SMILES string of the molecule is Cc1ncccc1NS(=O)(=O)c1cccc(CO)c1. The molecule has 0 bridgehead atoms. The predicted octanol–water partition coefficient (Wildman–Crippen LogP) is 1.68. The fourth-order valence-corrected chi connectivity index (χ4v) is 2.79. The molecule has 1 heterocycles. The minimum Gasteiger partial charge on any atom is -0.392 e. The number of aromatic nitrogens is 1. The molecule has 100 valence electrons. The summed E-state index contributed by atoms with van der Waals surface area (Å²) in [6.07, 6.45) is 1.60. The molecule has 5 nitrogen and oxygen atoms in total. The first-order valence-electron chi connectivity index (χ1n) is 5.67. The number of nitrogens with one attached hydrogen (secondary N) is 1. The van der Waals surface area contributed by atoms with Crippen LogP contribution >= 0.6 is 0 Å². The normalized spacial score (nSPS) is 11.3. The van der Waals surface area contributed by atoms with Crippen molar-refractivity contribution in [2.24, 2.45) is 0 Å². The zero-order valence-electron chi connectivity index (χ0n) is 10.4. The Morgan fingerprint density at radius 1 is 1.26 bits per heavy atom. The second kappa shape index (κ2) is 5.38. The van der Waals surface area contributed by atoms with Crippen molar-refractivity contribution in [1.29, 1.82) is 0 Å². The van der Waals surface area contributed by atoms with E-state index in [0.29, 0.717) is 16.9 Å². The van der Waals surface area contributed by atoms with Gasteiger partial charge in [0, 0.05) is 6.20 Å². The number of aliphatic hydroxyl groups excluding tert-OH is 1. The quantitative estimate of drug-likeness (QED) is 0.892. The smallest absolute Gasteiger partial charge is 0.261 e. The van der Waals surface area contributed by atoms with E-state index >= 15 is 0 Å². The summed E-state index contributed by atoms with van der Waals surface area (Å²) in [6.45, 7) is 1.53. The molecule has 0 aliphatic carbocycles. The number of sulfonamides is 1. The standard InChI is InChI=1S/C13H14N2O3S/c1-10-13(6-3-7-14-10)15-19(17,18)12-5-2-4-11(8-12)9-16/h2-8,15-16H,9H2,1H3. The number of hydrogen-bond acceptors (Lipinski definition) is 4. The topological polar surface area (TPSA) is 79.3 Å². The molecular weight excluding hydrogens is 264 g/mol. The van der Waals surface area contributed by atoms with E-state index in [4.69, 9.17) is 5.11 Å². The van der Waals surface area contributed by atoms with E-state index in [1.165, 1.54) is 12.1 Å². The Hall–Kier alpha value is -1.92. The number of rotatable bonds is 4. The van der Waals surface area contributed by atoms with Gasteiger partial charge < -0.3 is 5.11 Å². The third kappa shape index (κ3) is 3.10. The second-order valence-corrected chi connectivity index (χ2v) is 5.73. The van der Waals surface area contributed by atoms with E-state index in [-0.39, 0.29) is 11.5 Å². The molecule has 1 aromatic carbocycles. The highest BCUT2D eigenvalue weighted by Gasteiger charge is 2.15. The van der Waals surface area contributed by atoms with E-state index in [2.05, 4.69) is 9.71 Å². The van der Waals surface area contributed by atoms with Gasteiger partial charge in [0.25, 0.3) is 10.0 Å². The van der Waals surface area contributed by atoms with Gasteiger partial charge in [-0.25, -0.2) is 8.42 Å². The molecule has 0 radical (unpaired) electrons. The molecule has 2 N–H and O–H groups in total. The van der Waals surface area contributed by atoms with Crippen molar-refractivity contribution in [2.45, 2.75) is 18.4 Å². The summed E-state index contributed by atoms with van der Waals surface area (Å²) in [4.78, 5) is 4.14. The zero-order valence-corrected chi connectivity index (χ0v) is 11.2. The molecule has 0 saturated heterocycles. The van der Waals surface area contributed by atoms with Gasteiger partial charge in [-0.1, -0.05) is 12.1 Å².